The van der Waals surface area contributed by atoms with Crippen LogP contribution in [0, 0.1) is 5.82 Å². The first-order valence-corrected chi connectivity index (χ1v) is 10.5. The highest BCUT2D eigenvalue weighted by molar-refractivity contribution is 7.15. The Bertz CT molecular complexity index is 1240. The fourth-order valence-electron chi connectivity index (χ4n) is 3.09. The Hall–Kier alpha value is -3.71. The van der Waals surface area contributed by atoms with Crippen LogP contribution in [0.2, 0.25) is 0 Å². The van der Waals surface area contributed by atoms with Crippen LogP contribution in [0.25, 0.3) is 28.2 Å². The van der Waals surface area contributed by atoms with E-state index in [0.717, 1.165) is 11.0 Å². The fraction of sp³-hybridized carbons (Fsp3) is 0.0833. The Morgan fingerprint density at radius 2 is 1.94 bits per heavy atom. The summed E-state index contributed by atoms with van der Waals surface area (Å²) >= 11 is 1.20. The molecule has 0 unspecified atom stereocenters. The monoisotopic (exact) mass is 435 g/mol. The van der Waals surface area contributed by atoms with Gasteiger partial charge in [0.15, 0.2) is 0 Å². The minimum atomic E-state index is -0.556. The highest BCUT2D eigenvalue weighted by Gasteiger charge is 2.22. The van der Waals surface area contributed by atoms with E-state index in [9.17, 15) is 14.0 Å². The van der Waals surface area contributed by atoms with Gasteiger partial charge in [0.25, 0.3) is 0 Å². The lowest BCUT2D eigenvalue weighted by Gasteiger charge is -2.08. The van der Waals surface area contributed by atoms with Gasteiger partial charge < -0.3 is 14.5 Å². The fourth-order valence-corrected chi connectivity index (χ4v) is 4.05. The minimum absolute atomic E-state index is 0.191. The molecule has 0 aliphatic carbocycles. The molecular weight excluding hydrogens is 417 g/mol. The highest BCUT2D eigenvalue weighted by Crippen LogP contribution is 2.36. The molecule has 2 heterocycles. The smallest absolute Gasteiger partial charge is 0.341 e. The molecule has 0 aliphatic rings. The molecule has 4 aromatic rings. The van der Waals surface area contributed by atoms with Gasteiger partial charge in [0.2, 0.25) is 5.91 Å². The summed E-state index contributed by atoms with van der Waals surface area (Å²) in [6.45, 7) is 1.90. The molecule has 0 spiro atoms. The normalized spacial score (nSPS) is 11.2. The van der Waals surface area contributed by atoms with Crippen LogP contribution in [0.3, 0.4) is 0 Å². The number of furan rings is 1. The zero-order valence-electron chi connectivity index (χ0n) is 16.6. The molecule has 2 aromatic heterocycles. The van der Waals surface area contributed by atoms with E-state index in [2.05, 4.69) is 5.32 Å². The van der Waals surface area contributed by atoms with Crippen molar-refractivity contribution < 1.29 is 23.1 Å². The molecule has 4 rings (SSSR count). The predicted octanol–water partition coefficient (Wildman–Crippen LogP) is 6.13. The number of halogens is 1. The van der Waals surface area contributed by atoms with E-state index >= 15 is 0 Å². The van der Waals surface area contributed by atoms with Crippen LogP contribution in [0.4, 0.5) is 9.39 Å². The largest absolute Gasteiger partial charge is 0.462 e. The number of hydrogen-bond donors (Lipinski definition) is 1. The molecule has 2 aromatic carbocycles. The molecule has 0 fully saturated rings. The number of rotatable bonds is 6. The molecule has 156 valence electrons. The molecule has 5 nitrogen and oxygen atoms in total. The first-order chi connectivity index (χ1) is 15.0. The summed E-state index contributed by atoms with van der Waals surface area (Å²) in [5.74, 6) is -0.806. The van der Waals surface area contributed by atoms with Gasteiger partial charge in [-0.25, -0.2) is 9.18 Å². The number of para-hydroxylation sites is 1. The zero-order valence-corrected chi connectivity index (χ0v) is 17.4. The first-order valence-electron chi connectivity index (χ1n) is 9.57. The summed E-state index contributed by atoms with van der Waals surface area (Å²) in [4.78, 5) is 25.1. The second kappa shape index (κ2) is 8.97. The molecule has 0 atom stereocenters. The highest BCUT2D eigenvalue weighted by atomic mass is 32.1. The maximum atomic E-state index is 13.3. The summed E-state index contributed by atoms with van der Waals surface area (Å²) in [5.41, 5.74) is 2.19. The molecule has 31 heavy (non-hydrogen) atoms. The molecule has 1 amide bonds. The van der Waals surface area contributed by atoms with Gasteiger partial charge in [-0.2, -0.15) is 0 Å². The topological polar surface area (TPSA) is 68.5 Å². The Balaban J connectivity index is 1.58. The summed E-state index contributed by atoms with van der Waals surface area (Å²) in [6, 6.07) is 15.2. The van der Waals surface area contributed by atoms with Crippen LogP contribution < -0.4 is 5.32 Å². The second-order valence-corrected chi connectivity index (χ2v) is 7.47. The number of hydrogen-bond acceptors (Lipinski definition) is 5. The third kappa shape index (κ3) is 4.57. The molecule has 0 saturated heterocycles. The van der Waals surface area contributed by atoms with Crippen molar-refractivity contribution in [1.82, 2.24) is 0 Å². The second-order valence-electron chi connectivity index (χ2n) is 6.59. The molecule has 0 aliphatic heterocycles. The lowest BCUT2D eigenvalue weighted by Crippen LogP contribution is -2.12. The number of benzene rings is 2. The molecule has 0 bridgehead atoms. The summed E-state index contributed by atoms with van der Waals surface area (Å²) in [7, 11) is 0. The molecular formula is C24H18FNO4S. The number of anilines is 1. The van der Waals surface area contributed by atoms with E-state index < -0.39 is 11.9 Å². The number of carbonyl (C=O) groups is 2. The van der Waals surface area contributed by atoms with Gasteiger partial charge in [-0.05, 0) is 42.8 Å². The summed E-state index contributed by atoms with van der Waals surface area (Å²) in [6.07, 6.45) is 2.90. The standard InChI is InChI=1S/C24H18FNO4S/c1-2-29-24(28)22-19(15-7-9-17(25)10-8-15)14-31-23(22)26-21(27)12-11-18-13-16-5-3-4-6-20(16)30-18/h3-14H,2H2,1H3,(H,26,27). The Morgan fingerprint density at radius 1 is 1.16 bits per heavy atom. The van der Waals surface area contributed by atoms with Crippen LogP contribution in [0.15, 0.2) is 70.5 Å². The molecule has 0 saturated carbocycles. The van der Waals surface area contributed by atoms with Crippen molar-refractivity contribution in [1.29, 1.82) is 0 Å². The van der Waals surface area contributed by atoms with Crippen molar-refractivity contribution in [2.75, 3.05) is 11.9 Å². The first kappa shape index (κ1) is 20.6. The number of thiophene rings is 1. The van der Waals surface area contributed by atoms with Crippen LogP contribution >= 0.6 is 11.3 Å². The minimum Gasteiger partial charge on any atom is -0.462 e. The lowest BCUT2D eigenvalue weighted by atomic mass is 10.0. The van der Waals surface area contributed by atoms with E-state index in [1.807, 2.05) is 30.3 Å². The third-order valence-corrected chi connectivity index (χ3v) is 5.40. The van der Waals surface area contributed by atoms with E-state index in [4.69, 9.17) is 9.15 Å². The number of fused-ring (bicyclic) bond motifs is 1. The van der Waals surface area contributed by atoms with Crippen LogP contribution in [-0.2, 0) is 9.53 Å². The summed E-state index contributed by atoms with van der Waals surface area (Å²) < 4.78 is 24.1. The van der Waals surface area contributed by atoms with E-state index in [0.29, 0.717) is 21.9 Å². The van der Waals surface area contributed by atoms with E-state index in [1.165, 1.54) is 29.5 Å². The third-order valence-electron chi connectivity index (χ3n) is 4.51. The van der Waals surface area contributed by atoms with E-state index in [-0.39, 0.29) is 18.0 Å². The van der Waals surface area contributed by atoms with Crippen molar-refractivity contribution in [3.8, 4) is 11.1 Å². The number of esters is 1. The lowest BCUT2D eigenvalue weighted by molar-refractivity contribution is -0.111. The quantitative estimate of drug-likeness (QED) is 0.292. The van der Waals surface area contributed by atoms with Crippen LogP contribution in [0.5, 0.6) is 0 Å². The van der Waals surface area contributed by atoms with Crippen molar-refractivity contribution in [2.24, 2.45) is 0 Å². The van der Waals surface area contributed by atoms with Gasteiger partial charge in [-0.1, -0.05) is 30.3 Å². The Kier molecular flexibility index (Phi) is 5.95. The Morgan fingerprint density at radius 3 is 2.68 bits per heavy atom. The van der Waals surface area contributed by atoms with Gasteiger partial charge in [-0.3, -0.25) is 4.79 Å². The maximum Gasteiger partial charge on any atom is 0.341 e. The average molecular weight is 435 g/mol. The zero-order chi connectivity index (χ0) is 21.8. The number of nitrogens with one attached hydrogen (secondary N) is 1. The van der Waals surface area contributed by atoms with Crippen molar-refractivity contribution in [2.45, 2.75) is 6.92 Å². The van der Waals surface area contributed by atoms with Gasteiger partial charge in [0, 0.05) is 22.4 Å². The summed E-state index contributed by atoms with van der Waals surface area (Å²) in [5, 5.41) is 5.76. The van der Waals surface area contributed by atoms with Crippen molar-refractivity contribution in [3.05, 3.63) is 83.2 Å². The van der Waals surface area contributed by atoms with Gasteiger partial charge >= 0.3 is 5.97 Å². The number of amides is 1. The van der Waals surface area contributed by atoms with Crippen molar-refractivity contribution >= 4 is 45.3 Å². The molecule has 1 N–H and O–H groups in total. The van der Waals surface area contributed by atoms with Gasteiger partial charge in [0.1, 0.15) is 27.7 Å². The van der Waals surface area contributed by atoms with Gasteiger partial charge in [0.05, 0.1) is 6.61 Å². The number of carbonyl (C=O) groups excluding carboxylic acids is 2. The van der Waals surface area contributed by atoms with Crippen LogP contribution in [-0.4, -0.2) is 18.5 Å². The van der Waals surface area contributed by atoms with E-state index in [1.54, 1.807) is 30.5 Å². The van der Waals surface area contributed by atoms with Crippen LogP contribution in [0.1, 0.15) is 23.0 Å². The SMILES string of the molecule is CCOC(=O)c1c(-c2ccc(F)cc2)csc1NC(=O)C=Cc1cc2ccccc2o1. The van der Waals surface area contributed by atoms with Gasteiger partial charge in [-0.15, -0.1) is 11.3 Å². The maximum absolute atomic E-state index is 13.3. The predicted molar refractivity (Wildman–Crippen MR) is 120 cm³/mol. The van der Waals surface area contributed by atoms with Crippen molar-refractivity contribution in [3.63, 3.8) is 0 Å². The molecule has 7 heteroatoms. The average Bonchev–Trinajstić information content (AvgIpc) is 3.37. The number of ether oxygens (including phenoxy) is 1. The Labute approximate surface area is 181 Å². The molecule has 0 radical (unpaired) electrons.